The predicted octanol–water partition coefficient (Wildman–Crippen LogP) is 1.31. The van der Waals surface area contributed by atoms with E-state index in [0.717, 1.165) is 12.3 Å². The maximum Gasteiger partial charge on any atom is 0.142 e. The van der Waals surface area contributed by atoms with Gasteiger partial charge in [-0.2, -0.15) is 0 Å². The fourth-order valence-electron chi connectivity index (χ4n) is 1.52. The zero-order valence-electron chi connectivity index (χ0n) is 7.71. The Morgan fingerprint density at radius 3 is 2.85 bits per heavy atom. The lowest BCUT2D eigenvalue weighted by Gasteiger charge is -2.28. The number of methoxy groups -OCH3 is 1. The first-order valence-corrected chi connectivity index (χ1v) is 4.48. The smallest absolute Gasteiger partial charge is 0.142 e. The van der Waals surface area contributed by atoms with E-state index < -0.39 is 0 Å². The highest BCUT2D eigenvalue weighted by Gasteiger charge is 2.18. The number of anilines is 1. The number of hydrogen-bond donors (Lipinski definition) is 2. The summed E-state index contributed by atoms with van der Waals surface area (Å²) in [6.07, 6.45) is 1.20. The van der Waals surface area contributed by atoms with E-state index in [1.54, 1.807) is 7.11 Å². The van der Waals surface area contributed by atoms with E-state index in [9.17, 15) is 0 Å². The Bertz CT molecular complexity index is 308. The molecule has 70 valence electrons. The van der Waals surface area contributed by atoms with Gasteiger partial charge in [0.15, 0.2) is 0 Å². The summed E-state index contributed by atoms with van der Waals surface area (Å²) in [7, 11) is 1.64. The first kappa shape index (κ1) is 8.38. The number of rotatable bonds is 2. The molecule has 0 bridgehead atoms. The number of nitrogens with one attached hydrogen (secondary N) is 1. The van der Waals surface area contributed by atoms with Crippen molar-refractivity contribution in [3.05, 3.63) is 23.8 Å². The molecule has 1 heterocycles. The van der Waals surface area contributed by atoms with Gasteiger partial charge in [-0.05, 0) is 30.7 Å². The van der Waals surface area contributed by atoms with Crippen molar-refractivity contribution in [2.24, 2.45) is 0 Å². The molecular weight excluding hydrogens is 164 g/mol. The SMILES string of the molecule is COc1cc([C@@H]2CCN2)ccc1N. The number of hydrogen-bond acceptors (Lipinski definition) is 3. The molecule has 2 rings (SSSR count). The topological polar surface area (TPSA) is 47.3 Å². The lowest BCUT2D eigenvalue weighted by molar-refractivity contribution is 0.378. The van der Waals surface area contributed by atoms with Gasteiger partial charge in [-0.1, -0.05) is 6.07 Å². The van der Waals surface area contributed by atoms with E-state index in [4.69, 9.17) is 10.5 Å². The molecule has 1 aromatic carbocycles. The van der Waals surface area contributed by atoms with Gasteiger partial charge in [-0.3, -0.25) is 0 Å². The van der Waals surface area contributed by atoms with Crippen LogP contribution in [0.4, 0.5) is 5.69 Å². The molecule has 1 saturated heterocycles. The number of nitrogen functional groups attached to an aromatic ring is 1. The molecule has 1 aromatic rings. The van der Waals surface area contributed by atoms with E-state index in [1.165, 1.54) is 12.0 Å². The second kappa shape index (κ2) is 3.26. The lowest BCUT2D eigenvalue weighted by atomic mass is 9.97. The van der Waals surface area contributed by atoms with Crippen LogP contribution in [0, 0.1) is 0 Å². The highest BCUT2D eigenvalue weighted by molar-refractivity contribution is 5.54. The van der Waals surface area contributed by atoms with Crippen LogP contribution in [0.5, 0.6) is 5.75 Å². The summed E-state index contributed by atoms with van der Waals surface area (Å²) in [6, 6.07) is 6.45. The quantitative estimate of drug-likeness (QED) is 0.671. The molecule has 0 unspecified atom stereocenters. The van der Waals surface area contributed by atoms with Gasteiger partial charge in [-0.25, -0.2) is 0 Å². The second-order valence-electron chi connectivity index (χ2n) is 3.30. The van der Waals surface area contributed by atoms with Crippen LogP contribution in [-0.2, 0) is 0 Å². The monoisotopic (exact) mass is 178 g/mol. The summed E-state index contributed by atoms with van der Waals surface area (Å²) >= 11 is 0. The van der Waals surface area contributed by atoms with E-state index in [1.807, 2.05) is 12.1 Å². The van der Waals surface area contributed by atoms with Gasteiger partial charge < -0.3 is 15.8 Å². The Labute approximate surface area is 77.9 Å². The zero-order valence-corrected chi connectivity index (χ0v) is 7.71. The Morgan fingerprint density at radius 2 is 2.31 bits per heavy atom. The molecule has 3 nitrogen and oxygen atoms in total. The summed E-state index contributed by atoms with van der Waals surface area (Å²) in [4.78, 5) is 0. The van der Waals surface area contributed by atoms with Crippen LogP contribution in [0.15, 0.2) is 18.2 Å². The molecule has 0 radical (unpaired) electrons. The molecule has 0 aromatic heterocycles. The van der Waals surface area contributed by atoms with Crippen LogP contribution in [0.1, 0.15) is 18.0 Å². The summed E-state index contributed by atoms with van der Waals surface area (Å²) in [5, 5.41) is 3.34. The summed E-state index contributed by atoms with van der Waals surface area (Å²) in [5.74, 6) is 0.770. The van der Waals surface area contributed by atoms with Crippen LogP contribution < -0.4 is 15.8 Å². The van der Waals surface area contributed by atoms with Gasteiger partial charge >= 0.3 is 0 Å². The molecule has 3 heteroatoms. The van der Waals surface area contributed by atoms with Crippen molar-refractivity contribution in [2.45, 2.75) is 12.5 Å². The van der Waals surface area contributed by atoms with Crippen LogP contribution >= 0.6 is 0 Å². The highest BCUT2D eigenvalue weighted by Crippen LogP contribution is 2.29. The Balaban J connectivity index is 2.26. The van der Waals surface area contributed by atoms with Crippen LogP contribution in [0.25, 0.3) is 0 Å². The van der Waals surface area contributed by atoms with E-state index in [-0.39, 0.29) is 0 Å². The van der Waals surface area contributed by atoms with Gasteiger partial charge in [0.05, 0.1) is 12.8 Å². The summed E-state index contributed by atoms with van der Waals surface area (Å²) in [6.45, 7) is 1.11. The van der Waals surface area contributed by atoms with E-state index in [2.05, 4.69) is 11.4 Å². The average Bonchev–Trinajstić information content (AvgIpc) is 2.05. The van der Waals surface area contributed by atoms with Crippen LogP contribution in [0.2, 0.25) is 0 Å². The third kappa shape index (κ3) is 1.47. The average molecular weight is 178 g/mol. The minimum absolute atomic E-state index is 0.495. The Hall–Kier alpha value is -1.22. The Morgan fingerprint density at radius 1 is 1.54 bits per heavy atom. The maximum atomic E-state index is 5.71. The van der Waals surface area contributed by atoms with Gasteiger partial charge in [0.2, 0.25) is 0 Å². The summed E-state index contributed by atoms with van der Waals surface area (Å²) in [5.41, 5.74) is 7.68. The van der Waals surface area contributed by atoms with Gasteiger partial charge in [0.1, 0.15) is 5.75 Å². The van der Waals surface area contributed by atoms with Gasteiger partial charge in [-0.15, -0.1) is 0 Å². The molecule has 0 aliphatic carbocycles. The number of nitrogens with two attached hydrogens (primary N) is 1. The van der Waals surface area contributed by atoms with Gasteiger partial charge in [0, 0.05) is 6.04 Å². The number of ether oxygens (including phenoxy) is 1. The normalized spacial score (nSPS) is 20.8. The fraction of sp³-hybridized carbons (Fsp3) is 0.400. The van der Waals surface area contributed by atoms with Crippen molar-refractivity contribution < 1.29 is 4.74 Å². The lowest BCUT2D eigenvalue weighted by Crippen LogP contribution is -2.34. The standard InChI is InChI=1S/C10H14N2O/c1-13-10-6-7(2-3-8(10)11)9-4-5-12-9/h2-3,6,9,12H,4-5,11H2,1H3/t9-/m0/s1. The third-order valence-corrected chi connectivity index (χ3v) is 2.48. The Kier molecular flexibility index (Phi) is 2.10. The molecule has 3 N–H and O–H groups in total. The van der Waals surface area contributed by atoms with Crippen molar-refractivity contribution in [1.82, 2.24) is 5.32 Å². The van der Waals surface area contributed by atoms with E-state index in [0.29, 0.717) is 11.7 Å². The number of benzene rings is 1. The van der Waals surface area contributed by atoms with Crippen molar-refractivity contribution in [2.75, 3.05) is 19.4 Å². The molecule has 1 atom stereocenters. The molecule has 13 heavy (non-hydrogen) atoms. The molecule has 0 spiro atoms. The zero-order chi connectivity index (χ0) is 9.26. The first-order valence-electron chi connectivity index (χ1n) is 4.48. The third-order valence-electron chi connectivity index (χ3n) is 2.48. The second-order valence-corrected chi connectivity index (χ2v) is 3.30. The molecule has 1 aliphatic rings. The van der Waals surface area contributed by atoms with E-state index >= 15 is 0 Å². The maximum absolute atomic E-state index is 5.71. The van der Waals surface area contributed by atoms with Crippen molar-refractivity contribution >= 4 is 5.69 Å². The summed E-state index contributed by atoms with van der Waals surface area (Å²) < 4.78 is 5.15. The first-order chi connectivity index (χ1) is 6.31. The molecule has 0 saturated carbocycles. The van der Waals surface area contributed by atoms with Crippen LogP contribution in [0.3, 0.4) is 0 Å². The van der Waals surface area contributed by atoms with Crippen LogP contribution in [-0.4, -0.2) is 13.7 Å². The largest absolute Gasteiger partial charge is 0.495 e. The molecular formula is C10H14N2O. The molecule has 0 amide bonds. The molecule has 1 aliphatic heterocycles. The predicted molar refractivity (Wildman–Crippen MR) is 52.8 cm³/mol. The fourth-order valence-corrected chi connectivity index (χ4v) is 1.52. The highest BCUT2D eigenvalue weighted by atomic mass is 16.5. The van der Waals surface area contributed by atoms with Crippen molar-refractivity contribution in [3.63, 3.8) is 0 Å². The minimum atomic E-state index is 0.495. The molecule has 1 fully saturated rings. The van der Waals surface area contributed by atoms with Crippen molar-refractivity contribution in [3.8, 4) is 5.75 Å². The van der Waals surface area contributed by atoms with Gasteiger partial charge in [0.25, 0.3) is 0 Å². The minimum Gasteiger partial charge on any atom is -0.495 e. The van der Waals surface area contributed by atoms with Crippen molar-refractivity contribution in [1.29, 1.82) is 0 Å².